The van der Waals surface area contributed by atoms with Gasteiger partial charge in [-0.1, -0.05) is 18.2 Å². The highest BCUT2D eigenvalue weighted by atomic mass is 19.1. The molecule has 0 heterocycles. The van der Waals surface area contributed by atoms with Crippen molar-refractivity contribution >= 4 is 0 Å². The second kappa shape index (κ2) is 5.85. The normalized spacial score (nSPS) is 15.1. The molecule has 1 aromatic carbocycles. The van der Waals surface area contributed by atoms with Gasteiger partial charge >= 0.3 is 0 Å². The van der Waals surface area contributed by atoms with Gasteiger partial charge in [0.1, 0.15) is 5.75 Å². The average molecular weight is 223 g/mol. The monoisotopic (exact) mass is 223 g/mol. The summed E-state index contributed by atoms with van der Waals surface area (Å²) in [6.45, 7) is 0.982. The first-order valence-electron chi connectivity index (χ1n) is 5.90. The molecule has 2 nitrogen and oxygen atoms in total. The van der Waals surface area contributed by atoms with Gasteiger partial charge in [-0.05, 0) is 18.9 Å². The Hall–Kier alpha value is -1.09. The number of hydrogen-bond acceptors (Lipinski definition) is 2. The van der Waals surface area contributed by atoms with Crippen LogP contribution in [0.5, 0.6) is 5.75 Å². The molecule has 1 N–H and O–H groups in total. The molecule has 1 saturated carbocycles. The van der Waals surface area contributed by atoms with E-state index >= 15 is 0 Å². The van der Waals surface area contributed by atoms with Gasteiger partial charge in [-0.25, -0.2) is 0 Å². The van der Waals surface area contributed by atoms with E-state index in [4.69, 9.17) is 4.74 Å². The molecule has 1 aromatic rings. The molecule has 0 spiro atoms. The van der Waals surface area contributed by atoms with E-state index < -0.39 is 0 Å². The van der Waals surface area contributed by atoms with E-state index in [0.717, 1.165) is 17.9 Å². The molecule has 0 amide bonds. The largest absolute Gasteiger partial charge is 0.493 e. The topological polar surface area (TPSA) is 21.3 Å². The molecule has 0 saturated heterocycles. The van der Waals surface area contributed by atoms with Crippen LogP contribution in [0, 0.1) is 0 Å². The van der Waals surface area contributed by atoms with Crippen LogP contribution in [-0.4, -0.2) is 19.3 Å². The third-order valence-corrected chi connectivity index (χ3v) is 2.67. The van der Waals surface area contributed by atoms with E-state index in [1.807, 2.05) is 18.2 Å². The van der Waals surface area contributed by atoms with Gasteiger partial charge in [-0.3, -0.25) is 4.39 Å². The van der Waals surface area contributed by atoms with E-state index in [1.165, 1.54) is 12.8 Å². The molecule has 0 unspecified atom stereocenters. The summed E-state index contributed by atoms with van der Waals surface area (Å²) in [5.74, 6) is 0.879. The zero-order valence-corrected chi connectivity index (χ0v) is 9.42. The van der Waals surface area contributed by atoms with Crippen molar-refractivity contribution in [1.82, 2.24) is 5.32 Å². The lowest BCUT2D eigenvalue weighted by atomic mass is 10.2. The van der Waals surface area contributed by atoms with Crippen molar-refractivity contribution < 1.29 is 9.13 Å². The standard InChI is InChI=1S/C13H18FNO/c14-8-3-9-16-13-5-2-1-4-11(13)10-15-12-6-7-12/h1-2,4-5,12,15H,3,6-10H2. The summed E-state index contributed by atoms with van der Waals surface area (Å²) >= 11 is 0. The summed E-state index contributed by atoms with van der Waals surface area (Å²) in [4.78, 5) is 0. The zero-order chi connectivity index (χ0) is 11.2. The van der Waals surface area contributed by atoms with Gasteiger partial charge in [0.15, 0.2) is 0 Å². The number of rotatable bonds is 7. The summed E-state index contributed by atoms with van der Waals surface area (Å²) in [5.41, 5.74) is 1.16. The molecular weight excluding hydrogens is 205 g/mol. The number of halogens is 1. The summed E-state index contributed by atoms with van der Waals surface area (Å²) in [6.07, 6.45) is 3.03. The van der Waals surface area contributed by atoms with Crippen molar-refractivity contribution in [3.8, 4) is 5.75 Å². The maximum absolute atomic E-state index is 12.0. The summed E-state index contributed by atoms with van der Waals surface area (Å²) in [5, 5.41) is 3.45. The van der Waals surface area contributed by atoms with Gasteiger partial charge in [0.25, 0.3) is 0 Å². The van der Waals surface area contributed by atoms with Crippen molar-refractivity contribution in [2.24, 2.45) is 0 Å². The Labute approximate surface area is 95.8 Å². The van der Waals surface area contributed by atoms with Gasteiger partial charge in [-0.15, -0.1) is 0 Å². The molecule has 0 bridgehead atoms. The van der Waals surface area contributed by atoms with Crippen LogP contribution in [0.1, 0.15) is 24.8 Å². The van der Waals surface area contributed by atoms with E-state index in [0.29, 0.717) is 19.1 Å². The molecule has 0 aromatic heterocycles. The molecule has 1 aliphatic rings. The maximum atomic E-state index is 12.0. The van der Waals surface area contributed by atoms with Gasteiger partial charge < -0.3 is 10.1 Å². The minimum atomic E-state index is -0.317. The number of alkyl halides is 1. The van der Waals surface area contributed by atoms with Gasteiger partial charge in [-0.2, -0.15) is 0 Å². The van der Waals surface area contributed by atoms with Crippen LogP contribution >= 0.6 is 0 Å². The van der Waals surface area contributed by atoms with Crippen molar-refractivity contribution in [3.05, 3.63) is 29.8 Å². The van der Waals surface area contributed by atoms with Crippen LogP contribution in [0.15, 0.2) is 24.3 Å². The highest BCUT2D eigenvalue weighted by Crippen LogP contribution is 2.22. The Bertz CT molecular complexity index is 325. The molecule has 1 aliphatic carbocycles. The summed E-state index contributed by atoms with van der Waals surface area (Å²) in [7, 11) is 0. The minimum absolute atomic E-state index is 0.317. The van der Waals surface area contributed by atoms with E-state index in [9.17, 15) is 4.39 Å². The Morgan fingerprint density at radius 2 is 2.12 bits per heavy atom. The lowest BCUT2D eigenvalue weighted by Gasteiger charge is -2.11. The van der Waals surface area contributed by atoms with Gasteiger partial charge in [0.2, 0.25) is 0 Å². The van der Waals surface area contributed by atoms with Gasteiger partial charge in [0, 0.05) is 24.6 Å². The fraction of sp³-hybridized carbons (Fsp3) is 0.538. The van der Waals surface area contributed by atoms with Gasteiger partial charge in [0.05, 0.1) is 13.3 Å². The smallest absolute Gasteiger partial charge is 0.123 e. The van der Waals surface area contributed by atoms with Crippen LogP contribution in [-0.2, 0) is 6.54 Å². The maximum Gasteiger partial charge on any atom is 0.123 e. The first-order chi connectivity index (χ1) is 7.90. The Balaban J connectivity index is 1.87. The summed E-state index contributed by atoms with van der Waals surface area (Å²) < 4.78 is 17.5. The zero-order valence-electron chi connectivity index (χ0n) is 9.42. The Morgan fingerprint density at radius 1 is 1.31 bits per heavy atom. The first-order valence-corrected chi connectivity index (χ1v) is 5.90. The number of ether oxygens (including phenoxy) is 1. The van der Waals surface area contributed by atoms with Crippen molar-refractivity contribution in [2.75, 3.05) is 13.3 Å². The number of benzene rings is 1. The number of para-hydroxylation sites is 1. The Morgan fingerprint density at radius 3 is 2.88 bits per heavy atom. The highest BCUT2D eigenvalue weighted by molar-refractivity contribution is 5.33. The number of hydrogen-bond donors (Lipinski definition) is 1. The fourth-order valence-electron chi connectivity index (χ4n) is 1.57. The molecule has 0 radical (unpaired) electrons. The van der Waals surface area contributed by atoms with Crippen LogP contribution in [0.2, 0.25) is 0 Å². The molecule has 2 rings (SSSR count). The molecule has 3 heteroatoms. The third kappa shape index (κ3) is 3.49. The highest BCUT2D eigenvalue weighted by Gasteiger charge is 2.20. The van der Waals surface area contributed by atoms with E-state index in [1.54, 1.807) is 0 Å². The second-order valence-electron chi connectivity index (χ2n) is 4.15. The lowest BCUT2D eigenvalue weighted by molar-refractivity contribution is 0.286. The van der Waals surface area contributed by atoms with Crippen molar-refractivity contribution in [2.45, 2.75) is 31.8 Å². The molecule has 88 valence electrons. The second-order valence-corrected chi connectivity index (χ2v) is 4.15. The third-order valence-electron chi connectivity index (χ3n) is 2.67. The quantitative estimate of drug-likeness (QED) is 0.718. The first kappa shape index (κ1) is 11.4. The fourth-order valence-corrected chi connectivity index (χ4v) is 1.57. The predicted octanol–water partition coefficient (Wildman–Crippen LogP) is 2.68. The lowest BCUT2D eigenvalue weighted by Crippen LogP contribution is -2.16. The Kier molecular flexibility index (Phi) is 4.17. The minimum Gasteiger partial charge on any atom is -0.493 e. The summed E-state index contributed by atoms with van der Waals surface area (Å²) in [6, 6.07) is 8.65. The molecular formula is C13H18FNO. The number of nitrogens with one attached hydrogen (secondary N) is 1. The van der Waals surface area contributed by atoms with Crippen molar-refractivity contribution in [3.63, 3.8) is 0 Å². The van der Waals surface area contributed by atoms with Crippen LogP contribution in [0.25, 0.3) is 0 Å². The molecule has 0 atom stereocenters. The van der Waals surface area contributed by atoms with E-state index in [2.05, 4.69) is 11.4 Å². The van der Waals surface area contributed by atoms with E-state index in [-0.39, 0.29) is 6.67 Å². The SMILES string of the molecule is FCCCOc1ccccc1CNC1CC1. The predicted molar refractivity (Wildman–Crippen MR) is 62.4 cm³/mol. The molecule has 1 fully saturated rings. The van der Waals surface area contributed by atoms with Crippen molar-refractivity contribution in [1.29, 1.82) is 0 Å². The molecule has 0 aliphatic heterocycles. The average Bonchev–Trinajstić information content (AvgIpc) is 3.12. The van der Waals surface area contributed by atoms with Crippen LogP contribution < -0.4 is 10.1 Å². The van der Waals surface area contributed by atoms with Crippen LogP contribution in [0.3, 0.4) is 0 Å². The van der Waals surface area contributed by atoms with Crippen LogP contribution in [0.4, 0.5) is 4.39 Å². The molecule has 16 heavy (non-hydrogen) atoms.